The molecule has 0 unspecified atom stereocenters. The van der Waals surface area contributed by atoms with Gasteiger partial charge in [-0.2, -0.15) is 0 Å². The van der Waals surface area contributed by atoms with Gasteiger partial charge in [0.05, 0.1) is 0 Å². The molecule has 13 rings (SSSR count). The van der Waals surface area contributed by atoms with Gasteiger partial charge in [0.2, 0.25) is 0 Å². The lowest BCUT2D eigenvalue weighted by Crippen LogP contribution is -2.15. The Morgan fingerprint density at radius 1 is 0.317 bits per heavy atom. The molecule has 1 heteroatoms. The Morgan fingerprint density at radius 3 is 1.57 bits per heavy atom. The van der Waals surface area contributed by atoms with Gasteiger partial charge < -0.3 is 0 Å². The van der Waals surface area contributed by atoms with E-state index in [1.54, 1.807) is 0 Å². The molecule has 1 heterocycles. The van der Waals surface area contributed by atoms with Crippen LogP contribution in [0.1, 0.15) is 25.0 Å². The average Bonchev–Trinajstić information content (AvgIpc) is 3.78. The minimum atomic E-state index is -0.0939. The van der Waals surface area contributed by atoms with Gasteiger partial charge in [-0.05, 0) is 134 Å². The molecule has 280 valence electrons. The van der Waals surface area contributed by atoms with Gasteiger partial charge in [0.15, 0.2) is 0 Å². The molecule has 0 nitrogen and oxygen atoms in total. The Morgan fingerprint density at radius 2 is 0.833 bits per heavy atom. The molecule has 0 bridgehead atoms. The first-order valence-electron chi connectivity index (χ1n) is 21.0. The van der Waals surface area contributed by atoms with Crippen molar-refractivity contribution in [3.8, 4) is 44.5 Å². The normalized spacial score (nSPS) is 13.3. The Kier molecular flexibility index (Phi) is 7.04. The summed E-state index contributed by atoms with van der Waals surface area (Å²) in [6.45, 7) is 4.85. The van der Waals surface area contributed by atoms with E-state index in [1.807, 2.05) is 11.3 Å². The molecule has 12 aromatic rings. The zero-order valence-electron chi connectivity index (χ0n) is 33.4. The summed E-state index contributed by atoms with van der Waals surface area (Å²) >= 11 is 1.95. The number of fused-ring (bicyclic) bond motifs is 13. The molecule has 0 fully saturated rings. The molecule has 0 saturated heterocycles. The summed E-state index contributed by atoms with van der Waals surface area (Å²) in [4.78, 5) is 0. The highest BCUT2D eigenvalue weighted by Gasteiger charge is 2.39. The number of hydrogen-bond acceptors (Lipinski definition) is 1. The van der Waals surface area contributed by atoms with Crippen LogP contribution >= 0.6 is 11.3 Å². The van der Waals surface area contributed by atoms with Crippen molar-refractivity contribution in [2.75, 3.05) is 0 Å². The first kappa shape index (κ1) is 33.9. The summed E-state index contributed by atoms with van der Waals surface area (Å²) in [5.41, 5.74) is 13.2. The van der Waals surface area contributed by atoms with Gasteiger partial charge in [0, 0.05) is 25.6 Å². The topological polar surface area (TPSA) is 0 Å². The van der Waals surface area contributed by atoms with Crippen molar-refractivity contribution in [2.45, 2.75) is 19.3 Å². The smallest absolute Gasteiger partial charge is 0.0402 e. The highest BCUT2D eigenvalue weighted by atomic mass is 32.1. The van der Waals surface area contributed by atoms with Crippen LogP contribution in [0.4, 0.5) is 0 Å². The molecule has 11 aromatic carbocycles. The first-order valence-corrected chi connectivity index (χ1v) is 21.8. The van der Waals surface area contributed by atoms with E-state index in [4.69, 9.17) is 0 Å². The van der Waals surface area contributed by atoms with Crippen molar-refractivity contribution in [2.24, 2.45) is 0 Å². The summed E-state index contributed by atoms with van der Waals surface area (Å²) < 4.78 is 2.76. The van der Waals surface area contributed by atoms with Crippen molar-refractivity contribution >= 4 is 85.4 Å². The van der Waals surface area contributed by atoms with Gasteiger partial charge in [-0.3, -0.25) is 0 Å². The fourth-order valence-electron chi connectivity index (χ4n) is 10.9. The molecule has 0 atom stereocenters. The van der Waals surface area contributed by atoms with Crippen LogP contribution in [0.15, 0.2) is 194 Å². The maximum atomic E-state index is 2.43. The van der Waals surface area contributed by atoms with Gasteiger partial charge in [-0.15, -0.1) is 11.3 Å². The van der Waals surface area contributed by atoms with E-state index < -0.39 is 0 Å². The van der Waals surface area contributed by atoms with Crippen LogP contribution in [0.2, 0.25) is 0 Å². The fraction of sp³-hybridized carbons (Fsp3) is 0.0508. The monoisotopic (exact) mass is 778 g/mol. The molecule has 0 spiro atoms. The number of rotatable bonds is 3. The highest BCUT2D eigenvalue weighted by molar-refractivity contribution is 7.26. The summed E-state index contributed by atoms with van der Waals surface area (Å²) in [6, 6.07) is 72.8. The van der Waals surface area contributed by atoms with Gasteiger partial charge in [0.25, 0.3) is 0 Å². The van der Waals surface area contributed by atoms with E-state index in [0.717, 1.165) is 0 Å². The quantitative estimate of drug-likeness (QED) is 0.157. The predicted octanol–water partition coefficient (Wildman–Crippen LogP) is 17.1. The highest BCUT2D eigenvalue weighted by Crippen LogP contribution is 2.56. The molecule has 1 aromatic heterocycles. The minimum Gasteiger partial charge on any atom is -0.135 e. The van der Waals surface area contributed by atoms with E-state index >= 15 is 0 Å². The van der Waals surface area contributed by atoms with E-state index in [0.29, 0.717) is 0 Å². The van der Waals surface area contributed by atoms with Crippen LogP contribution in [0.3, 0.4) is 0 Å². The minimum absolute atomic E-state index is 0.0939. The second-order valence-corrected chi connectivity index (χ2v) is 18.2. The largest absolute Gasteiger partial charge is 0.135 e. The maximum absolute atomic E-state index is 2.43. The standard InChI is InChI=1S/C59H38S/c1-59(2)56-43-16-6-4-13-36(43)26-28-49(56)50-29-30-51-52-34-40(27-31-53(52)60-58(51)57(50)59)38-22-23-39-33-41(25-24-37(39)32-38)54-45-17-7-9-19-47(45)55(48-20-10-8-18-46(48)54)44-21-11-14-35-12-3-5-15-42(35)44/h3-34H,1-2H3. The molecule has 1 aliphatic rings. The van der Waals surface area contributed by atoms with Crippen molar-refractivity contribution in [1.29, 1.82) is 0 Å². The van der Waals surface area contributed by atoms with Crippen LogP contribution in [0, 0.1) is 0 Å². The number of thiophene rings is 1. The number of benzene rings is 11. The number of hydrogen-bond donors (Lipinski definition) is 0. The SMILES string of the molecule is CC1(C)c2c(ccc3ccccc23)-c2ccc3c(sc4ccc(-c5ccc6cc(-c7c8ccccc8c(-c8cccc9ccccc89)c8ccccc78)ccc6c5)cc43)c21. The van der Waals surface area contributed by atoms with Crippen molar-refractivity contribution < 1.29 is 0 Å². The van der Waals surface area contributed by atoms with E-state index in [1.165, 1.54) is 130 Å². The van der Waals surface area contributed by atoms with Gasteiger partial charge >= 0.3 is 0 Å². The maximum Gasteiger partial charge on any atom is 0.0402 e. The zero-order chi connectivity index (χ0) is 39.7. The van der Waals surface area contributed by atoms with Crippen LogP contribution < -0.4 is 0 Å². The Bertz CT molecular complexity index is 3740. The average molecular weight is 779 g/mol. The molecule has 0 aliphatic heterocycles. The van der Waals surface area contributed by atoms with E-state index in [9.17, 15) is 0 Å². The van der Waals surface area contributed by atoms with E-state index in [-0.39, 0.29) is 5.41 Å². The third-order valence-corrected chi connectivity index (χ3v) is 14.8. The first-order chi connectivity index (χ1) is 29.5. The van der Waals surface area contributed by atoms with Crippen LogP contribution in [-0.2, 0) is 5.41 Å². The molecule has 60 heavy (non-hydrogen) atoms. The lowest BCUT2D eigenvalue weighted by Gasteiger charge is -2.23. The van der Waals surface area contributed by atoms with Crippen LogP contribution in [0.5, 0.6) is 0 Å². The van der Waals surface area contributed by atoms with Gasteiger partial charge in [-0.1, -0.05) is 184 Å². The fourth-order valence-corrected chi connectivity index (χ4v) is 12.3. The van der Waals surface area contributed by atoms with E-state index in [2.05, 4.69) is 208 Å². The summed E-state index contributed by atoms with van der Waals surface area (Å²) in [6.07, 6.45) is 0. The molecule has 0 N–H and O–H groups in total. The van der Waals surface area contributed by atoms with Crippen molar-refractivity contribution in [1.82, 2.24) is 0 Å². The zero-order valence-corrected chi connectivity index (χ0v) is 34.2. The summed E-state index contributed by atoms with van der Waals surface area (Å²) in [5.74, 6) is 0. The third kappa shape index (κ3) is 4.73. The Hall–Kier alpha value is -7.06. The molecule has 0 amide bonds. The molecular formula is C59H38S. The lowest BCUT2D eigenvalue weighted by molar-refractivity contribution is 0.673. The molecule has 0 saturated carbocycles. The molecule has 0 radical (unpaired) electrons. The van der Waals surface area contributed by atoms with Crippen LogP contribution in [-0.4, -0.2) is 0 Å². The second kappa shape index (κ2) is 12.5. The van der Waals surface area contributed by atoms with Gasteiger partial charge in [0.1, 0.15) is 0 Å². The van der Waals surface area contributed by atoms with Gasteiger partial charge in [-0.25, -0.2) is 0 Å². The molecule has 1 aliphatic carbocycles. The van der Waals surface area contributed by atoms with Crippen LogP contribution in [0.25, 0.3) is 119 Å². The lowest BCUT2D eigenvalue weighted by atomic mass is 9.80. The van der Waals surface area contributed by atoms with Crippen molar-refractivity contribution in [3.63, 3.8) is 0 Å². The van der Waals surface area contributed by atoms with Crippen molar-refractivity contribution in [3.05, 3.63) is 205 Å². The summed E-state index contributed by atoms with van der Waals surface area (Å²) in [7, 11) is 0. The summed E-state index contributed by atoms with van der Waals surface area (Å²) in [5, 5.41) is 15.5. The third-order valence-electron chi connectivity index (χ3n) is 13.6. The second-order valence-electron chi connectivity index (χ2n) is 17.2. The predicted molar refractivity (Wildman–Crippen MR) is 261 cm³/mol. The Balaban J connectivity index is 0.925. The molecular weight excluding hydrogens is 741 g/mol. The Labute approximate surface area is 352 Å².